The lowest BCUT2D eigenvalue weighted by Crippen LogP contribution is -2.50. The summed E-state index contributed by atoms with van der Waals surface area (Å²) in [6, 6.07) is 18.5. The number of carbonyl (C=O) groups excluding carboxylic acids is 3. The number of hydrogen-bond donors (Lipinski definition) is 6. The maximum absolute atomic E-state index is 12.3. The minimum absolute atomic E-state index is 0.0767. The van der Waals surface area contributed by atoms with Gasteiger partial charge in [0.15, 0.2) is 0 Å². The van der Waals surface area contributed by atoms with E-state index < -0.39 is 47.7 Å². The fraction of sp³-hybridized carbons (Fsp3) is 0.674. The van der Waals surface area contributed by atoms with Crippen molar-refractivity contribution in [3.8, 4) is 0 Å². The number of hydrogen-bond acceptors (Lipinski definition) is 9. The molecule has 2 amide bonds. The number of aliphatic hydroxyl groups excluding tert-OH is 2. The van der Waals surface area contributed by atoms with Crippen molar-refractivity contribution in [1.82, 2.24) is 16.0 Å². The number of alkyl halides is 2. The summed E-state index contributed by atoms with van der Waals surface area (Å²) in [5.41, 5.74) is 6.37. The first-order valence-electron chi connectivity index (χ1n) is 20.9. The van der Waals surface area contributed by atoms with Gasteiger partial charge in [-0.25, -0.2) is 9.59 Å². The number of aliphatic hydroxyl groups is 2. The van der Waals surface area contributed by atoms with Gasteiger partial charge in [0.1, 0.15) is 17.5 Å². The topological polar surface area (TPSA) is 172 Å². The molecule has 338 valence electrons. The van der Waals surface area contributed by atoms with Gasteiger partial charge >= 0.3 is 12.2 Å². The molecule has 4 atom stereocenters. The molecule has 2 aromatic carbocycles. The summed E-state index contributed by atoms with van der Waals surface area (Å²) >= 11 is 11.3. The predicted molar refractivity (Wildman–Crippen MR) is 243 cm³/mol. The van der Waals surface area contributed by atoms with Gasteiger partial charge < -0.3 is 46.2 Å². The summed E-state index contributed by atoms with van der Waals surface area (Å²) in [5, 5.41) is 29.6. The summed E-state index contributed by atoms with van der Waals surface area (Å²) in [6.45, 7) is 20.4. The van der Waals surface area contributed by atoms with Gasteiger partial charge in [0.2, 0.25) is 0 Å². The second kappa shape index (κ2) is 29.3. The number of halogens is 2. The van der Waals surface area contributed by atoms with E-state index in [1.54, 1.807) is 20.8 Å². The zero-order valence-corrected chi connectivity index (χ0v) is 39.1. The molecule has 0 aliphatic heterocycles. The third-order valence-corrected chi connectivity index (χ3v) is 9.42. The number of rotatable bonds is 22. The van der Waals surface area contributed by atoms with Crippen LogP contribution in [0, 0.1) is 10.8 Å². The van der Waals surface area contributed by atoms with E-state index in [9.17, 15) is 24.6 Å². The second-order valence-electron chi connectivity index (χ2n) is 18.4. The monoisotopic (exact) mass is 869 g/mol. The molecule has 0 fully saturated rings. The zero-order chi connectivity index (χ0) is 45.1. The van der Waals surface area contributed by atoms with E-state index in [-0.39, 0.29) is 17.4 Å². The molecule has 11 nitrogen and oxygen atoms in total. The Morgan fingerprint density at radius 2 is 1.08 bits per heavy atom. The lowest BCUT2D eigenvalue weighted by Gasteiger charge is -2.29. The third-order valence-electron chi connectivity index (χ3n) is 8.89. The Balaban J connectivity index is 0.000000965. The van der Waals surface area contributed by atoms with Crippen LogP contribution in [0.15, 0.2) is 60.7 Å². The zero-order valence-electron chi connectivity index (χ0n) is 37.6. The summed E-state index contributed by atoms with van der Waals surface area (Å²) in [5.74, 6) is 1.40. The minimum Gasteiger partial charge on any atom is -0.444 e. The molecule has 59 heavy (non-hydrogen) atoms. The van der Waals surface area contributed by atoms with E-state index >= 15 is 0 Å². The Labute approximate surface area is 366 Å². The van der Waals surface area contributed by atoms with Crippen molar-refractivity contribution in [3.05, 3.63) is 71.8 Å². The number of aldehydes is 1. The molecule has 0 saturated heterocycles. The van der Waals surface area contributed by atoms with Gasteiger partial charge in [-0.2, -0.15) is 0 Å². The number of nitrogens with two attached hydrogens (primary N) is 1. The van der Waals surface area contributed by atoms with Crippen molar-refractivity contribution < 1.29 is 34.1 Å². The lowest BCUT2D eigenvalue weighted by molar-refractivity contribution is -0.115. The SMILES string of the molecule is CC(C)(C)OC(=O)N[C@@H](Cc1ccccc1)C(O)CN.CC(C)(C=O)CCCCCl.CC(C)(CCCCCl)CNCC(O)[C@H](Cc1ccccc1)NC(=O)OC(C)(C)C. The maximum Gasteiger partial charge on any atom is 0.407 e. The first-order chi connectivity index (χ1) is 27.5. The normalized spacial score (nSPS) is 13.9. The fourth-order valence-electron chi connectivity index (χ4n) is 5.61. The van der Waals surface area contributed by atoms with Crippen LogP contribution in [0.3, 0.4) is 0 Å². The molecule has 7 N–H and O–H groups in total. The Morgan fingerprint density at radius 3 is 1.46 bits per heavy atom. The second-order valence-corrected chi connectivity index (χ2v) is 19.2. The summed E-state index contributed by atoms with van der Waals surface area (Å²) in [7, 11) is 0. The molecule has 2 aromatic rings. The molecule has 0 bridgehead atoms. The third kappa shape index (κ3) is 30.7. The largest absolute Gasteiger partial charge is 0.444 e. The van der Waals surface area contributed by atoms with Crippen LogP contribution in [0.4, 0.5) is 9.59 Å². The number of carbonyl (C=O) groups is 3. The molecular weight excluding hydrogens is 791 g/mol. The number of ether oxygens (including phenoxy) is 2. The lowest BCUT2D eigenvalue weighted by atomic mass is 9.87. The van der Waals surface area contributed by atoms with Crippen LogP contribution in [-0.2, 0) is 27.1 Å². The molecule has 2 unspecified atom stereocenters. The molecular formula is C46H78Cl2N4O7. The van der Waals surface area contributed by atoms with Crippen LogP contribution >= 0.6 is 23.2 Å². The average molecular weight is 870 g/mol. The number of amides is 2. The van der Waals surface area contributed by atoms with Crippen molar-refractivity contribution in [2.24, 2.45) is 16.6 Å². The molecule has 0 saturated carbocycles. The maximum atomic E-state index is 12.3. The van der Waals surface area contributed by atoms with E-state index in [0.717, 1.165) is 62.5 Å². The van der Waals surface area contributed by atoms with Crippen molar-refractivity contribution in [2.75, 3.05) is 31.4 Å². The quantitative estimate of drug-likeness (QED) is 0.0385. The smallest absolute Gasteiger partial charge is 0.407 e. The van der Waals surface area contributed by atoms with E-state index in [1.165, 1.54) is 0 Å². The van der Waals surface area contributed by atoms with Crippen LogP contribution in [0.1, 0.15) is 119 Å². The molecule has 0 radical (unpaired) electrons. The highest BCUT2D eigenvalue weighted by molar-refractivity contribution is 6.18. The van der Waals surface area contributed by atoms with Crippen molar-refractivity contribution in [2.45, 2.75) is 156 Å². The van der Waals surface area contributed by atoms with Gasteiger partial charge in [-0.3, -0.25) is 0 Å². The molecule has 0 spiro atoms. The predicted octanol–water partition coefficient (Wildman–Crippen LogP) is 8.57. The van der Waals surface area contributed by atoms with Gasteiger partial charge in [-0.1, -0.05) is 101 Å². The summed E-state index contributed by atoms with van der Waals surface area (Å²) in [4.78, 5) is 34.5. The van der Waals surface area contributed by atoms with Gasteiger partial charge in [0, 0.05) is 36.8 Å². The molecule has 0 aromatic heterocycles. The molecule has 0 aliphatic carbocycles. The summed E-state index contributed by atoms with van der Waals surface area (Å²) in [6.07, 6.45) is 5.63. The Hall–Kier alpha value is -2.93. The first-order valence-corrected chi connectivity index (χ1v) is 22.0. The van der Waals surface area contributed by atoms with Gasteiger partial charge in [0.05, 0.1) is 24.3 Å². The van der Waals surface area contributed by atoms with E-state index in [4.69, 9.17) is 38.4 Å². The highest BCUT2D eigenvalue weighted by Crippen LogP contribution is 2.23. The number of nitrogens with one attached hydrogen (secondary N) is 3. The minimum atomic E-state index is -0.817. The Bertz CT molecular complexity index is 1400. The van der Waals surface area contributed by atoms with Crippen molar-refractivity contribution >= 4 is 41.7 Å². The van der Waals surface area contributed by atoms with Crippen LogP contribution in [0.25, 0.3) is 0 Å². The van der Waals surface area contributed by atoms with E-state index in [2.05, 4.69) is 29.8 Å². The molecule has 0 aliphatic rings. The van der Waals surface area contributed by atoms with Crippen LogP contribution in [0.2, 0.25) is 0 Å². The van der Waals surface area contributed by atoms with E-state index in [1.807, 2.05) is 95.3 Å². The van der Waals surface area contributed by atoms with Crippen LogP contribution in [0.5, 0.6) is 0 Å². The molecule has 2 rings (SSSR count). The molecule has 13 heteroatoms. The first kappa shape index (κ1) is 56.1. The van der Waals surface area contributed by atoms with E-state index in [0.29, 0.717) is 31.1 Å². The highest BCUT2D eigenvalue weighted by Gasteiger charge is 2.27. The number of unbranched alkanes of at least 4 members (excludes halogenated alkanes) is 2. The highest BCUT2D eigenvalue weighted by atomic mass is 35.5. The fourth-order valence-corrected chi connectivity index (χ4v) is 5.98. The Morgan fingerprint density at radius 1 is 0.678 bits per heavy atom. The van der Waals surface area contributed by atoms with Gasteiger partial charge in [-0.05, 0) is 96.6 Å². The van der Waals surface area contributed by atoms with Crippen LogP contribution in [-0.4, -0.2) is 95.6 Å². The molecule has 0 heterocycles. The standard InChI is InChI=1S/C23H39ClN2O3.C15H24N2O3.C8H15ClO/c1-22(2,3)29-21(28)26-19(15-18-11-7-6-8-12-18)20(27)16-25-17-23(4,5)13-9-10-14-24;1-15(2,3)20-14(19)17-12(13(18)10-16)9-11-7-5-4-6-8-11;1-8(2,7-10)5-3-4-6-9/h6-8,11-12,19-20,25,27H,9-10,13-17H2,1-5H3,(H,26,28);4-8,12-13,18H,9-10,16H2,1-3H3,(H,17,19);7H,3-6H2,1-2H3/t19-,20?;12-,13?;/m00./s1. The van der Waals surface area contributed by atoms with Crippen LogP contribution < -0.4 is 21.7 Å². The average Bonchev–Trinajstić information content (AvgIpc) is 3.14. The number of benzene rings is 2. The van der Waals surface area contributed by atoms with Crippen molar-refractivity contribution in [3.63, 3.8) is 0 Å². The Kier molecular flexibility index (Phi) is 27.9. The number of alkyl carbamates (subject to hydrolysis) is 2. The summed E-state index contributed by atoms with van der Waals surface area (Å²) < 4.78 is 10.6. The van der Waals surface area contributed by atoms with Crippen molar-refractivity contribution in [1.29, 1.82) is 0 Å². The van der Waals surface area contributed by atoms with Gasteiger partial charge in [0.25, 0.3) is 0 Å². The van der Waals surface area contributed by atoms with Gasteiger partial charge in [-0.15, -0.1) is 23.2 Å².